The van der Waals surface area contributed by atoms with Crippen molar-refractivity contribution in [1.29, 1.82) is 0 Å². The van der Waals surface area contributed by atoms with E-state index in [-0.39, 0.29) is 28.9 Å². The van der Waals surface area contributed by atoms with Crippen LogP contribution in [0.15, 0.2) is 34.2 Å². The minimum Gasteiger partial charge on any atom is -0.357 e. The van der Waals surface area contributed by atoms with Crippen LogP contribution in [0.5, 0.6) is 0 Å². The van der Waals surface area contributed by atoms with Gasteiger partial charge in [0.1, 0.15) is 0 Å². The molecule has 0 heterocycles. The first kappa shape index (κ1) is 19.2. The van der Waals surface area contributed by atoms with E-state index in [1.54, 1.807) is 12.1 Å². The van der Waals surface area contributed by atoms with E-state index in [4.69, 9.17) is 5.14 Å². The highest BCUT2D eigenvalue weighted by molar-refractivity contribution is 14.0. The van der Waals surface area contributed by atoms with Gasteiger partial charge in [0, 0.05) is 12.6 Å². The fraction of sp³-hybridized carbons (Fsp3) is 0.500. The Morgan fingerprint density at radius 1 is 1.45 bits per heavy atom. The minimum atomic E-state index is -3.67. The Kier molecular flexibility index (Phi) is 7.07. The average Bonchev–Trinajstić information content (AvgIpc) is 3.11. The van der Waals surface area contributed by atoms with Gasteiger partial charge < -0.3 is 10.6 Å². The summed E-state index contributed by atoms with van der Waals surface area (Å²) < 4.78 is 22.7. The molecule has 0 aromatic heterocycles. The van der Waals surface area contributed by atoms with Crippen molar-refractivity contribution in [1.82, 2.24) is 10.6 Å². The number of hydrogen-bond donors (Lipinski definition) is 3. The number of benzene rings is 1. The summed E-state index contributed by atoms with van der Waals surface area (Å²) in [6.07, 6.45) is 1.16. The van der Waals surface area contributed by atoms with Crippen LogP contribution < -0.4 is 15.8 Å². The lowest BCUT2D eigenvalue weighted by molar-refractivity contribution is 0.597. The van der Waals surface area contributed by atoms with Gasteiger partial charge in [-0.15, -0.1) is 24.0 Å². The van der Waals surface area contributed by atoms with Crippen molar-refractivity contribution < 1.29 is 8.42 Å². The van der Waals surface area contributed by atoms with Crippen LogP contribution >= 0.6 is 24.0 Å². The number of nitrogens with zero attached hydrogens (tertiary/aromatic N) is 1. The van der Waals surface area contributed by atoms with Crippen LogP contribution in [0, 0.1) is 5.92 Å². The third-order valence-electron chi connectivity index (χ3n) is 3.42. The van der Waals surface area contributed by atoms with Crippen LogP contribution in [-0.2, 0) is 16.6 Å². The zero-order chi connectivity index (χ0) is 15.5. The van der Waals surface area contributed by atoms with Gasteiger partial charge >= 0.3 is 0 Å². The highest BCUT2D eigenvalue weighted by Crippen LogP contribution is 2.28. The molecule has 1 aromatic carbocycles. The molecule has 4 N–H and O–H groups in total. The van der Waals surface area contributed by atoms with Crippen LogP contribution in [0.3, 0.4) is 0 Å². The third kappa shape index (κ3) is 5.73. The standard InChI is InChI=1S/C14H22N4O2S.HI/c1-3-16-14(18-13-7-10(13)2)17-9-11-5-4-6-12(8-11)21(15,19)20;/h4-6,8,10,13H,3,7,9H2,1-2H3,(H2,15,19,20)(H2,16,17,18);1H. The van der Waals surface area contributed by atoms with Crippen LogP contribution in [0.25, 0.3) is 0 Å². The molecule has 2 unspecified atom stereocenters. The number of sulfonamides is 1. The quantitative estimate of drug-likeness (QED) is 0.368. The highest BCUT2D eigenvalue weighted by Gasteiger charge is 2.33. The maximum atomic E-state index is 11.3. The first-order chi connectivity index (χ1) is 9.90. The van der Waals surface area contributed by atoms with Gasteiger partial charge in [0.2, 0.25) is 10.0 Å². The molecule has 0 spiro atoms. The Labute approximate surface area is 149 Å². The summed E-state index contributed by atoms with van der Waals surface area (Å²) >= 11 is 0. The summed E-state index contributed by atoms with van der Waals surface area (Å²) in [6, 6.07) is 7.04. The largest absolute Gasteiger partial charge is 0.357 e. The Morgan fingerprint density at radius 3 is 2.68 bits per heavy atom. The minimum absolute atomic E-state index is 0. The molecule has 0 saturated heterocycles. The van der Waals surface area contributed by atoms with Gasteiger partial charge in [-0.25, -0.2) is 18.5 Å². The number of rotatable bonds is 5. The number of aliphatic imine (C=N–C) groups is 1. The Bertz CT molecular complexity index is 633. The van der Waals surface area contributed by atoms with Crippen molar-refractivity contribution in [2.45, 2.75) is 37.8 Å². The van der Waals surface area contributed by atoms with Crippen molar-refractivity contribution >= 4 is 40.0 Å². The number of guanidine groups is 1. The summed E-state index contributed by atoms with van der Waals surface area (Å²) in [6.45, 7) is 5.38. The molecule has 8 heteroatoms. The Hall–Kier alpha value is -0.870. The van der Waals surface area contributed by atoms with E-state index in [1.165, 1.54) is 6.07 Å². The first-order valence-corrected chi connectivity index (χ1v) is 8.61. The van der Waals surface area contributed by atoms with Gasteiger partial charge in [0.15, 0.2) is 5.96 Å². The van der Waals surface area contributed by atoms with E-state index < -0.39 is 10.0 Å². The molecule has 124 valence electrons. The highest BCUT2D eigenvalue weighted by atomic mass is 127. The maximum Gasteiger partial charge on any atom is 0.238 e. The van der Waals surface area contributed by atoms with E-state index in [0.717, 1.165) is 24.5 Å². The van der Waals surface area contributed by atoms with E-state index >= 15 is 0 Å². The molecule has 0 radical (unpaired) electrons. The number of halogens is 1. The van der Waals surface area contributed by atoms with Crippen molar-refractivity contribution in [2.75, 3.05) is 6.54 Å². The van der Waals surface area contributed by atoms with Gasteiger partial charge in [0.25, 0.3) is 0 Å². The second kappa shape index (κ2) is 8.11. The smallest absolute Gasteiger partial charge is 0.238 e. The van der Waals surface area contributed by atoms with Crippen LogP contribution in [0.2, 0.25) is 0 Å². The predicted octanol–water partition coefficient (Wildman–Crippen LogP) is 1.42. The van der Waals surface area contributed by atoms with E-state index in [1.807, 2.05) is 13.0 Å². The summed E-state index contributed by atoms with van der Waals surface area (Å²) in [5.74, 6) is 1.44. The third-order valence-corrected chi connectivity index (χ3v) is 4.33. The van der Waals surface area contributed by atoms with Crippen molar-refractivity contribution in [2.24, 2.45) is 16.0 Å². The molecular weight excluding hydrogens is 415 g/mol. The molecule has 2 atom stereocenters. The van der Waals surface area contributed by atoms with E-state index in [0.29, 0.717) is 18.5 Å². The normalized spacial score (nSPS) is 21.0. The fourth-order valence-corrected chi connectivity index (χ4v) is 2.59. The molecule has 0 aliphatic heterocycles. The van der Waals surface area contributed by atoms with Crippen molar-refractivity contribution in [3.8, 4) is 0 Å². The molecule has 1 aliphatic carbocycles. The summed E-state index contributed by atoms with van der Waals surface area (Å²) in [7, 11) is -3.67. The van der Waals surface area contributed by atoms with Crippen molar-refractivity contribution in [3.05, 3.63) is 29.8 Å². The van der Waals surface area contributed by atoms with E-state index in [2.05, 4.69) is 22.5 Å². The average molecular weight is 438 g/mol. The van der Waals surface area contributed by atoms with Gasteiger partial charge in [-0.05, 0) is 37.0 Å². The number of hydrogen-bond acceptors (Lipinski definition) is 3. The number of nitrogens with one attached hydrogen (secondary N) is 2. The number of nitrogens with two attached hydrogens (primary N) is 1. The van der Waals surface area contributed by atoms with Crippen molar-refractivity contribution in [3.63, 3.8) is 0 Å². The predicted molar refractivity (Wildman–Crippen MR) is 98.8 cm³/mol. The van der Waals surface area contributed by atoms with Crippen LogP contribution in [0.4, 0.5) is 0 Å². The molecule has 1 saturated carbocycles. The summed E-state index contributed by atoms with van der Waals surface area (Å²) in [5, 5.41) is 11.7. The Morgan fingerprint density at radius 2 is 2.14 bits per heavy atom. The van der Waals surface area contributed by atoms with Gasteiger partial charge in [-0.3, -0.25) is 0 Å². The monoisotopic (exact) mass is 438 g/mol. The molecule has 1 fully saturated rings. The molecule has 2 rings (SSSR count). The van der Waals surface area contributed by atoms with Gasteiger partial charge in [0.05, 0.1) is 11.4 Å². The van der Waals surface area contributed by atoms with Gasteiger partial charge in [-0.1, -0.05) is 19.1 Å². The molecule has 1 aliphatic rings. The zero-order valence-corrected chi connectivity index (χ0v) is 15.9. The first-order valence-electron chi connectivity index (χ1n) is 7.06. The van der Waals surface area contributed by atoms with Gasteiger partial charge in [-0.2, -0.15) is 0 Å². The maximum absolute atomic E-state index is 11.3. The summed E-state index contributed by atoms with van der Waals surface area (Å²) in [4.78, 5) is 4.60. The fourth-order valence-electron chi connectivity index (χ4n) is 2.01. The lowest BCUT2D eigenvalue weighted by Gasteiger charge is -2.10. The summed E-state index contributed by atoms with van der Waals surface area (Å²) in [5.41, 5.74) is 0.808. The van der Waals surface area contributed by atoms with Crippen LogP contribution in [-0.4, -0.2) is 27.0 Å². The Balaban J connectivity index is 0.00000242. The molecule has 0 amide bonds. The SMILES string of the molecule is CCNC(=NCc1cccc(S(N)(=O)=O)c1)NC1CC1C.I. The lowest BCUT2D eigenvalue weighted by Crippen LogP contribution is -2.39. The molecule has 22 heavy (non-hydrogen) atoms. The number of primary sulfonamides is 1. The zero-order valence-electron chi connectivity index (χ0n) is 12.7. The molecule has 0 bridgehead atoms. The van der Waals surface area contributed by atoms with Crippen LogP contribution in [0.1, 0.15) is 25.8 Å². The molecular formula is C14H23IN4O2S. The molecule has 1 aromatic rings. The van der Waals surface area contributed by atoms with E-state index in [9.17, 15) is 8.42 Å². The molecule has 6 nitrogen and oxygen atoms in total. The second-order valence-corrected chi connectivity index (χ2v) is 6.91. The topological polar surface area (TPSA) is 96.6 Å². The lowest BCUT2D eigenvalue weighted by atomic mass is 10.2. The second-order valence-electron chi connectivity index (χ2n) is 5.35.